The van der Waals surface area contributed by atoms with E-state index in [2.05, 4.69) is 5.32 Å². The molecule has 0 spiro atoms. The lowest BCUT2D eigenvalue weighted by atomic mass is 9.44. The molecular weight excluding hydrogens is 762 g/mol. The van der Waals surface area contributed by atoms with E-state index >= 15 is 0 Å². The summed E-state index contributed by atoms with van der Waals surface area (Å²) >= 11 is 0. The molecule has 3 fully saturated rings. The number of aliphatic hydroxyl groups is 4. The zero-order valence-electron chi connectivity index (χ0n) is 33.4. The predicted molar refractivity (Wildman–Crippen MR) is 208 cm³/mol. The van der Waals surface area contributed by atoms with Crippen molar-refractivity contribution in [3.05, 3.63) is 119 Å². The minimum atomic E-state index is -2.35. The van der Waals surface area contributed by atoms with Gasteiger partial charge in [-0.1, -0.05) is 80.6 Å². The summed E-state index contributed by atoms with van der Waals surface area (Å²) in [5, 5.41) is 51.9. The molecule has 312 valence electrons. The topological polar surface area (TPSA) is 215 Å². The van der Waals surface area contributed by atoms with E-state index in [0.717, 1.165) is 6.92 Å². The molecule has 2 saturated carbocycles. The zero-order chi connectivity index (χ0) is 42.7. The first-order chi connectivity index (χ1) is 27.9. The lowest BCUT2D eigenvalue weighted by molar-refractivity contribution is -0.346. The highest BCUT2D eigenvalue weighted by Crippen LogP contribution is 2.64. The molecule has 14 heteroatoms. The second-order valence-corrected chi connectivity index (χ2v) is 16.8. The van der Waals surface area contributed by atoms with Crippen molar-refractivity contribution in [3.63, 3.8) is 0 Å². The second kappa shape index (κ2) is 15.4. The molecule has 7 rings (SSSR count). The number of ketones is 1. The van der Waals surface area contributed by atoms with Crippen molar-refractivity contribution in [1.29, 1.82) is 0 Å². The third-order valence-electron chi connectivity index (χ3n) is 13.2. The molecule has 4 aliphatic rings. The van der Waals surface area contributed by atoms with E-state index < -0.39 is 107 Å². The number of carbonyl (C=O) groups excluding carboxylic acids is 5. The number of esters is 3. The van der Waals surface area contributed by atoms with Crippen LogP contribution in [0.3, 0.4) is 0 Å². The fraction of sp³-hybridized carbons (Fsp3) is 0.444. The Hall–Kier alpha value is -5.25. The highest BCUT2D eigenvalue weighted by atomic mass is 16.6. The molecule has 0 aromatic heterocycles. The van der Waals surface area contributed by atoms with Gasteiger partial charge in [-0.15, -0.1) is 0 Å². The van der Waals surface area contributed by atoms with Gasteiger partial charge in [0.05, 0.1) is 35.6 Å². The van der Waals surface area contributed by atoms with Gasteiger partial charge in [-0.25, -0.2) is 9.59 Å². The van der Waals surface area contributed by atoms with E-state index in [-0.39, 0.29) is 35.3 Å². The molecule has 1 saturated heterocycles. The Morgan fingerprint density at radius 2 is 1.44 bits per heavy atom. The van der Waals surface area contributed by atoms with Gasteiger partial charge >= 0.3 is 17.9 Å². The van der Waals surface area contributed by atoms with Crippen molar-refractivity contribution in [3.8, 4) is 0 Å². The average molecular weight is 812 g/mol. The first-order valence-electron chi connectivity index (χ1n) is 19.6. The van der Waals surface area contributed by atoms with E-state index in [9.17, 15) is 44.4 Å². The first kappa shape index (κ1) is 41.9. The smallest absolute Gasteiger partial charge is 0.338 e. The van der Waals surface area contributed by atoms with Gasteiger partial charge < -0.3 is 44.7 Å². The van der Waals surface area contributed by atoms with E-state index in [0.29, 0.717) is 5.56 Å². The molecule has 1 heterocycles. The molecular formula is C45H49NO13. The molecule has 0 radical (unpaired) electrons. The van der Waals surface area contributed by atoms with Gasteiger partial charge in [0, 0.05) is 30.7 Å². The summed E-state index contributed by atoms with van der Waals surface area (Å²) in [7, 11) is 0. The molecule has 11 atom stereocenters. The number of hydrogen-bond acceptors (Lipinski definition) is 13. The number of rotatable bonds is 9. The minimum Gasteiger partial charge on any atom is -0.456 e. The van der Waals surface area contributed by atoms with Crippen LogP contribution in [0.5, 0.6) is 0 Å². The third kappa shape index (κ3) is 6.76. The molecule has 1 amide bonds. The van der Waals surface area contributed by atoms with Gasteiger partial charge in [-0.2, -0.15) is 0 Å². The van der Waals surface area contributed by atoms with Gasteiger partial charge in [0.2, 0.25) is 0 Å². The third-order valence-corrected chi connectivity index (χ3v) is 13.2. The van der Waals surface area contributed by atoms with Gasteiger partial charge in [-0.3, -0.25) is 14.4 Å². The number of Topliss-reactive ketones (excluding diaryl/α,β-unsaturated/α-hetero) is 1. The molecule has 3 aromatic rings. The maximum absolute atomic E-state index is 15.0. The van der Waals surface area contributed by atoms with Crippen LogP contribution in [0.2, 0.25) is 0 Å². The number of benzene rings is 3. The second-order valence-electron chi connectivity index (χ2n) is 16.8. The summed E-state index contributed by atoms with van der Waals surface area (Å²) in [4.78, 5) is 69.5. The SMILES string of the molecule is CC(=O)O[C@@]12COC1CC(O)[C@@]1(C)C(=O)C(O)C3=C(C)C(OC(=O)C(O)C(NC(=O)c4ccccc4)c4ccccc4)C[C@@](O)(C(OC(=O)c4ccccc4)C21)C3(C)C. The largest absolute Gasteiger partial charge is 0.456 e. The molecule has 1 aliphatic heterocycles. The number of fused-ring (bicyclic) bond motifs is 5. The van der Waals surface area contributed by atoms with Crippen molar-refractivity contribution in [2.45, 2.75) is 101 Å². The van der Waals surface area contributed by atoms with Gasteiger partial charge in [0.15, 0.2) is 17.5 Å². The zero-order valence-corrected chi connectivity index (χ0v) is 33.4. The summed E-state index contributed by atoms with van der Waals surface area (Å²) in [5.74, 6) is -5.89. The summed E-state index contributed by atoms with van der Waals surface area (Å²) < 4.78 is 24.2. The van der Waals surface area contributed by atoms with Crippen LogP contribution in [0.4, 0.5) is 0 Å². The van der Waals surface area contributed by atoms with Crippen LogP contribution in [0, 0.1) is 16.7 Å². The fourth-order valence-corrected chi connectivity index (χ4v) is 9.94. The van der Waals surface area contributed by atoms with Crippen molar-refractivity contribution in [2.24, 2.45) is 16.7 Å². The van der Waals surface area contributed by atoms with Crippen molar-refractivity contribution in [1.82, 2.24) is 5.32 Å². The van der Waals surface area contributed by atoms with E-state index in [1.165, 1.54) is 26.0 Å². The highest BCUT2D eigenvalue weighted by molar-refractivity contribution is 5.95. The summed E-state index contributed by atoms with van der Waals surface area (Å²) in [5.41, 5.74) is -6.86. The summed E-state index contributed by atoms with van der Waals surface area (Å²) in [6.07, 6.45) is -10.5. The maximum Gasteiger partial charge on any atom is 0.338 e. The predicted octanol–water partition coefficient (Wildman–Crippen LogP) is 3.16. The Kier molecular flexibility index (Phi) is 10.9. The number of ether oxygens (including phenoxy) is 4. The van der Waals surface area contributed by atoms with Gasteiger partial charge in [0.1, 0.15) is 30.0 Å². The molecule has 59 heavy (non-hydrogen) atoms. The number of carbonyl (C=O) groups is 5. The van der Waals surface area contributed by atoms with Crippen LogP contribution < -0.4 is 5.32 Å². The lowest BCUT2D eigenvalue weighted by Gasteiger charge is -2.67. The standard InChI is InChI=1S/C45H49NO13/c1-24-29(57-41(54)35(50)33(26-15-9-6-10-16-26)46-39(52)27-17-11-7-12-18-27)22-45(55)38(58-40(53)28-19-13-8-14-20-28)36-43(5,37(51)34(49)32(24)42(45,3)4)30(48)21-31-44(36,23-56-31)59-25(2)47/h6-20,29-31,33-36,38,48-50,55H,21-23H2,1-5H3,(H,46,52)/t29?,30?,31?,33?,34?,35?,36?,38?,43-,44+,45-/m1/s1. The molecule has 14 nitrogen and oxygen atoms in total. The van der Waals surface area contributed by atoms with Crippen molar-refractivity contribution in [2.75, 3.05) is 6.61 Å². The van der Waals surface area contributed by atoms with E-state index in [4.69, 9.17) is 18.9 Å². The Balaban J connectivity index is 1.34. The van der Waals surface area contributed by atoms with Crippen LogP contribution in [-0.2, 0) is 33.3 Å². The number of nitrogens with one attached hydrogen (secondary N) is 1. The quantitative estimate of drug-likeness (QED) is 0.120. The van der Waals surface area contributed by atoms with E-state index in [1.807, 2.05) is 0 Å². The fourth-order valence-electron chi connectivity index (χ4n) is 9.94. The van der Waals surface area contributed by atoms with Gasteiger partial charge in [0.25, 0.3) is 5.91 Å². The number of amides is 1. The molecule has 5 N–H and O–H groups in total. The highest BCUT2D eigenvalue weighted by Gasteiger charge is 2.78. The molecule has 2 bridgehead atoms. The van der Waals surface area contributed by atoms with Crippen LogP contribution in [0.15, 0.2) is 102 Å². The number of aliphatic hydroxyl groups excluding tert-OH is 3. The summed E-state index contributed by atoms with van der Waals surface area (Å²) in [6.45, 7) is 6.89. The monoisotopic (exact) mass is 811 g/mol. The van der Waals surface area contributed by atoms with Crippen molar-refractivity contribution >= 4 is 29.6 Å². The van der Waals surface area contributed by atoms with Crippen LogP contribution >= 0.6 is 0 Å². The van der Waals surface area contributed by atoms with Crippen LogP contribution in [0.25, 0.3) is 0 Å². The Morgan fingerprint density at radius 1 is 0.864 bits per heavy atom. The maximum atomic E-state index is 15.0. The number of hydrogen-bond donors (Lipinski definition) is 5. The lowest BCUT2D eigenvalue weighted by Crippen LogP contribution is -2.81. The average Bonchev–Trinajstić information content (AvgIpc) is 3.21. The Morgan fingerprint density at radius 3 is 2.00 bits per heavy atom. The molecule has 3 aliphatic carbocycles. The van der Waals surface area contributed by atoms with E-state index in [1.54, 1.807) is 92.7 Å². The Bertz CT molecular complexity index is 2160. The molecule has 8 unspecified atom stereocenters. The first-order valence-corrected chi connectivity index (χ1v) is 19.6. The van der Waals surface area contributed by atoms with Crippen molar-refractivity contribution < 1.29 is 63.3 Å². The normalized spacial score (nSPS) is 33.0. The van der Waals surface area contributed by atoms with Crippen LogP contribution in [0.1, 0.15) is 79.8 Å². The van der Waals surface area contributed by atoms with Gasteiger partial charge in [-0.05, 0) is 54.8 Å². The summed E-state index contributed by atoms with van der Waals surface area (Å²) in [6, 6.07) is 23.1. The molecule has 3 aromatic carbocycles. The Labute approximate surface area is 341 Å². The van der Waals surface area contributed by atoms with Crippen LogP contribution in [-0.4, -0.2) is 104 Å². The minimum absolute atomic E-state index is 0.0540.